The highest BCUT2D eigenvalue weighted by Crippen LogP contribution is 2.43. The zero-order valence-electron chi connectivity index (χ0n) is 48.1. The van der Waals surface area contributed by atoms with Crippen molar-refractivity contribution in [2.75, 3.05) is 40.9 Å². The summed E-state index contributed by atoms with van der Waals surface area (Å²) >= 11 is 0. The van der Waals surface area contributed by atoms with Gasteiger partial charge in [0.1, 0.15) is 19.3 Å². The lowest BCUT2D eigenvalue weighted by Gasteiger charge is -2.27. The van der Waals surface area contributed by atoms with E-state index >= 15 is 0 Å². The summed E-state index contributed by atoms with van der Waals surface area (Å²) in [6, 6.07) is -0.866. The molecule has 0 fully saturated rings. The van der Waals surface area contributed by atoms with Gasteiger partial charge in [0.05, 0.1) is 33.8 Å². The fourth-order valence-corrected chi connectivity index (χ4v) is 8.93. The number of carbonyl (C=O) groups excluding carboxylic acids is 2. The van der Waals surface area contributed by atoms with Crippen molar-refractivity contribution in [2.24, 2.45) is 0 Å². The minimum Gasteiger partial charge on any atom is -0.456 e. The molecular formula is C63H114N2O7P+. The van der Waals surface area contributed by atoms with Gasteiger partial charge in [0.2, 0.25) is 5.91 Å². The number of amides is 1. The van der Waals surface area contributed by atoms with Crippen LogP contribution in [0.3, 0.4) is 0 Å². The van der Waals surface area contributed by atoms with Crippen LogP contribution in [0, 0.1) is 0 Å². The van der Waals surface area contributed by atoms with Crippen LogP contribution in [0.15, 0.2) is 85.1 Å². The lowest BCUT2D eigenvalue weighted by molar-refractivity contribution is -0.870. The maximum absolute atomic E-state index is 13.5. The number of phosphoric acid groups is 1. The van der Waals surface area contributed by atoms with Crippen LogP contribution in [0.2, 0.25) is 0 Å². The summed E-state index contributed by atoms with van der Waals surface area (Å²) in [6.45, 7) is 6.84. The number of unbranched alkanes of at least 4 members (excludes halogenated alkanes) is 25. The van der Waals surface area contributed by atoms with E-state index in [1.54, 1.807) is 0 Å². The number of carbonyl (C=O) groups is 2. The molecule has 0 aromatic heterocycles. The SMILES string of the molecule is CC/C=C/C/C=C/C/C=C/CCCCCCC(=O)NC(COP(=O)(O)OCC[N+](C)(C)C)C(/C=C\CCCCCCCCCCCC)OC(=O)CCCCCCCCCC/C=C\C/C=C\C/C=C\CCCCC. The van der Waals surface area contributed by atoms with Crippen molar-refractivity contribution < 1.29 is 37.3 Å². The molecule has 0 aromatic carbocycles. The summed E-state index contributed by atoms with van der Waals surface area (Å²) in [4.78, 5) is 37.6. The summed E-state index contributed by atoms with van der Waals surface area (Å²) in [5, 5.41) is 3.03. The first-order valence-corrected chi connectivity index (χ1v) is 31.4. The summed E-state index contributed by atoms with van der Waals surface area (Å²) in [5.74, 6) is -0.542. The van der Waals surface area contributed by atoms with Crippen molar-refractivity contribution in [3.8, 4) is 0 Å². The van der Waals surface area contributed by atoms with Gasteiger partial charge in [-0.3, -0.25) is 18.6 Å². The van der Waals surface area contributed by atoms with Crippen LogP contribution in [0.25, 0.3) is 0 Å². The largest absolute Gasteiger partial charge is 0.472 e. The zero-order valence-corrected chi connectivity index (χ0v) is 49.0. The Hall–Kier alpha value is -2.81. The first-order valence-electron chi connectivity index (χ1n) is 29.9. The zero-order chi connectivity index (χ0) is 53.6. The van der Waals surface area contributed by atoms with Gasteiger partial charge in [0.25, 0.3) is 0 Å². The Balaban J connectivity index is 5.30. The highest BCUT2D eigenvalue weighted by molar-refractivity contribution is 7.47. The predicted molar refractivity (Wildman–Crippen MR) is 314 cm³/mol. The van der Waals surface area contributed by atoms with Crippen LogP contribution in [-0.2, 0) is 27.9 Å². The Bertz CT molecular complexity index is 1530. The van der Waals surface area contributed by atoms with Crippen LogP contribution in [-0.4, -0.2) is 74.3 Å². The molecule has 0 saturated carbocycles. The number of esters is 1. The van der Waals surface area contributed by atoms with Crippen molar-refractivity contribution in [2.45, 2.75) is 264 Å². The molecule has 0 aliphatic rings. The molecule has 0 spiro atoms. The predicted octanol–water partition coefficient (Wildman–Crippen LogP) is 18.2. The monoisotopic (exact) mass is 1040 g/mol. The first kappa shape index (κ1) is 70.2. The van der Waals surface area contributed by atoms with Crippen LogP contribution >= 0.6 is 7.82 Å². The highest BCUT2D eigenvalue weighted by Gasteiger charge is 2.30. The van der Waals surface area contributed by atoms with Crippen molar-refractivity contribution >= 4 is 19.7 Å². The molecule has 3 atom stereocenters. The number of hydrogen-bond acceptors (Lipinski definition) is 6. The molecular weight excluding hydrogens is 928 g/mol. The average molecular weight is 1040 g/mol. The number of phosphoric ester groups is 1. The lowest BCUT2D eigenvalue weighted by Crippen LogP contribution is -2.47. The summed E-state index contributed by atoms with van der Waals surface area (Å²) < 4.78 is 30.6. The van der Waals surface area contributed by atoms with E-state index in [9.17, 15) is 19.0 Å². The smallest absolute Gasteiger partial charge is 0.456 e. The van der Waals surface area contributed by atoms with Crippen LogP contribution < -0.4 is 5.32 Å². The molecule has 9 nitrogen and oxygen atoms in total. The number of ether oxygens (including phenoxy) is 1. The summed E-state index contributed by atoms with van der Waals surface area (Å²) in [5.41, 5.74) is 0. The van der Waals surface area contributed by atoms with E-state index in [1.165, 1.54) is 103 Å². The fourth-order valence-electron chi connectivity index (χ4n) is 8.20. The van der Waals surface area contributed by atoms with E-state index in [2.05, 4.69) is 99.0 Å². The Labute approximate surface area is 450 Å². The molecule has 0 saturated heterocycles. The molecule has 3 unspecified atom stereocenters. The van der Waals surface area contributed by atoms with E-state index < -0.39 is 20.0 Å². The van der Waals surface area contributed by atoms with Crippen molar-refractivity contribution in [1.29, 1.82) is 0 Å². The van der Waals surface area contributed by atoms with Gasteiger partial charge in [-0.1, -0.05) is 222 Å². The van der Waals surface area contributed by atoms with Crippen LogP contribution in [0.5, 0.6) is 0 Å². The van der Waals surface area contributed by atoms with Gasteiger partial charge in [-0.25, -0.2) is 4.57 Å². The second kappa shape index (κ2) is 52.6. The van der Waals surface area contributed by atoms with E-state index in [0.29, 0.717) is 17.4 Å². The maximum atomic E-state index is 13.5. The number of hydrogen-bond donors (Lipinski definition) is 2. The van der Waals surface area contributed by atoms with E-state index in [4.69, 9.17) is 13.8 Å². The molecule has 73 heavy (non-hydrogen) atoms. The quantitative estimate of drug-likeness (QED) is 0.0205. The fraction of sp³-hybridized carbons (Fsp3) is 0.746. The number of allylic oxidation sites excluding steroid dienone is 13. The highest BCUT2D eigenvalue weighted by atomic mass is 31.2. The molecule has 0 aliphatic heterocycles. The summed E-state index contributed by atoms with van der Waals surface area (Å²) in [6.07, 6.45) is 68.6. The molecule has 0 aromatic rings. The Morgan fingerprint density at radius 2 is 0.877 bits per heavy atom. The van der Waals surface area contributed by atoms with Crippen LogP contribution in [0.4, 0.5) is 0 Å². The van der Waals surface area contributed by atoms with Gasteiger partial charge in [-0.15, -0.1) is 0 Å². The number of nitrogens with one attached hydrogen (secondary N) is 1. The van der Waals surface area contributed by atoms with Gasteiger partial charge in [-0.2, -0.15) is 0 Å². The molecule has 422 valence electrons. The van der Waals surface area contributed by atoms with Crippen LogP contribution in [0.1, 0.15) is 252 Å². The number of likely N-dealkylation sites (N-methyl/N-ethyl adjacent to an activating group) is 1. The topological polar surface area (TPSA) is 111 Å². The minimum absolute atomic E-state index is 0.0309. The Morgan fingerprint density at radius 1 is 0.493 bits per heavy atom. The standard InChI is InChI=1S/C63H113N2O7P/c1-7-10-13-16-19-22-25-28-30-31-32-33-34-35-36-38-41-44-47-50-53-56-63(67)72-61(54-51-48-45-42-39-27-24-21-18-15-12-9-3)60(59-71-73(68,69)70-58-57-65(4,5)6)64-62(66)55-52-49-46-43-40-37-29-26-23-20-17-14-11-8-2/h11,14,19-20,22-23,28-30,32-33,37,51,54,60-61H,7-10,12-13,15-18,21,24-27,31,34-36,38-50,52-53,55-59H2,1-6H3,(H-,64,66,68,69)/p+1/b14-11+,22-19-,23-20+,30-28-,33-32-,37-29+,54-51-. The second-order valence-corrected chi connectivity index (χ2v) is 22.6. The molecule has 0 radical (unpaired) electrons. The van der Waals surface area contributed by atoms with Crippen molar-refractivity contribution in [3.63, 3.8) is 0 Å². The average Bonchev–Trinajstić information content (AvgIpc) is 3.35. The van der Waals surface area contributed by atoms with E-state index in [0.717, 1.165) is 116 Å². The maximum Gasteiger partial charge on any atom is 0.472 e. The third-order valence-corrected chi connectivity index (χ3v) is 13.8. The Morgan fingerprint density at radius 3 is 1.34 bits per heavy atom. The van der Waals surface area contributed by atoms with E-state index in [-0.39, 0.29) is 31.5 Å². The molecule has 0 aliphatic carbocycles. The molecule has 0 heterocycles. The van der Waals surface area contributed by atoms with Gasteiger partial charge >= 0.3 is 13.8 Å². The first-order chi connectivity index (χ1) is 35.4. The second-order valence-electron chi connectivity index (χ2n) is 21.1. The van der Waals surface area contributed by atoms with Crippen molar-refractivity contribution in [3.05, 3.63) is 85.1 Å². The molecule has 2 N–H and O–H groups in total. The van der Waals surface area contributed by atoms with Gasteiger partial charge in [0, 0.05) is 12.8 Å². The minimum atomic E-state index is -4.46. The third kappa shape index (κ3) is 53.8. The molecule has 1 amide bonds. The molecule has 0 bridgehead atoms. The Kier molecular flexibility index (Phi) is 50.6. The number of rotatable bonds is 53. The van der Waals surface area contributed by atoms with E-state index in [1.807, 2.05) is 33.3 Å². The summed E-state index contributed by atoms with van der Waals surface area (Å²) in [7, 11) is 1.47. The van der Waals surface area contributed by atoms with Gasteiger partial charge < -0.3 is 19.4 Å². The van der Waals surface area contributed by atoms with Gasteiger partial charge in [-0.05, 0) is 102 Å². The number of nitrogens with zero attached hydrogens (tertiary/aromatic N) is 1. The normalized spacial score (nSPS) is 14.3. The van der Waals surface area contributed by atoms with Crippen molar-refractivity contribution in [1.82, 2.24) is 5.32 Å². The lowest BCUT2D eigenvalue weighted by atomic mass is 10.0. The molecule has 10 heteroatoms. The van der Waals surface area contributed by atoms with Gasteiger partial charge in [0.15, 0.2) is 0 Å². The number of quaternary nitrogens is 1. The molecule has 0 rings (SSSR count). The third-order valence-electron chi connectivity index (χ3n) is 12.8.